The number of carbonyl (C=O) groups is 2. The number of unbranched alkanes of at least 4 members (excludes halogenated alkanes) is 5. The van der Waals surface area contributed by atoms with Crippen LogP contribution in [0.15, 0.2) is 88.3 Å². The first-order valence-corrected chi connectivity index (χ1v) is 49.8. The number of hydrogen-bond acceptors (Lipinski definition) is 32. The van der Waals surface area contributed by atoms with Crippen LogP contribution in [0.5, 0.6) is 0 Å². The zero-order valence-corrected chi connectivity index (χ0v) is 81.5. The molecule has 5 rings (SSSR count). The molecule has 1 atom stereocenters. The average Bonchev–Trinajstić information content (AvgIpc) is 1.54. The van der Waals surface area contributed by atoms with Crippen molar-refractivity contribution in [1.82, 2.24) is 5.32 Å². The lowest BCUT2D eigenvalue weighted by atomic mass is 9.75. The number of methoxy groups -OCH3 is 1. The van der Waals surface area contributed by atoms with Gasteiger partial charge in [-0.15, -0.1) is 0 Å². The van der Waals surface area contributed by atoms with Gasteiger partial charge in [0.2, 0.25) is 11.6 Å². The van der Waals surface area contributed by atoms with Crippen molar-refractivity contribution in [2.24, 2.45) is 0 Å². The second-order valence-corrected chi connectivity index (χ2v) is 34.5. The van der Waals surface area contributed by atoms with Gasteiger partial charge in [0, 0.05) is 74.0 Å². The molecule has 37 heteroatoms. The lowest BCUT2D eigenvalue weighted by molar-refractivity contribution is -0.438. The topological polar surface area (TPSA) is 386 Å². The molecule has 0 fully saturated rings. The summed E-state index contributed by atoms with van der Waals surface area (Å²) < 4.78 is 209. The lowest BCUT2D eigenvalue weighted by Gasteiger charge is -2.31. The van der Waals surface area contributed by atoms with Gasteiger partial charge >= 0.3 is 0 Å². The summed E-state index contributed by atoms with van der Waals surface area (Å²) in [6.45, 7) is 36.3. The highest BCUT2D eigenvalue weighted by Gasteiger charge is 2.46. The fourth-order valence-corrected chi connectivity index (χ4v) is 15.6. The largest absolute Gasteiger partial charge is 0.744 e. The van der Waals surface area contributed by atoms with E-state index in [1.807, 2.05) is 18.2 Å². The lowest BCUT2D eigenvalue weighted by Crippen LogP contribution is -2.29. The third kappa shape index (κ3) is 51.9. The molecule has 3 aromatic carbocycles. The molecule has 2 N–H and O–H groups in total. The second kappa shape index (κ2) is 74.7. The van der Waals surface area contributed by atoms with Gasteiger partial charge in [0.1, 0.15) is 22.4 Å². The number of anilines is 1. The molecule has 0 bridgehead atoms. The zero-order chi connectivity index (χ0) is 95.0. The van der Waals surface area contributed by atoms with Crippen molar-refractivity contribution in [3.63, 3.8) is 0 Å². The number of allylic oxidation sites excluding steroid dienone is 6. The van der Waals surface area contributed by atoms with Gasteiger partial charge in [0.25, 0.3) is 10.1 Å². The first-order valence-electron chi connectivity index (χ1n) is 46.9. The normalized spacial score (nSPS) is 14.9. The molecule has 0 saturated heterocycles. The van der Waals surface area contributed by atoms with Gasteiger partial charge in [-0.2, -0.15) is 13.0 Å². The van der Waals surface area contributed by atoms with E-state index in [1.54, 1.807) is 26.2 Å². The standard InChI is InChI=1S/C95H157N3O32S2/c1-8-9-29-98-88-26-24-84-85(79-83(131(101,102)103)80-89(84)132(104,105)106)93(88)95(6,27-17-11-13-19-82(3)99)91(98)21-15-10-14-20-90-94(4,5)86-78-81(2)23-25-87(86)97(90)30-18-12-16-22-92(100)96-28-31-108-34-35-110-38-39-112-42-43-114-46-47-116-50-51-118-54-55-120-58-59-122-62-63-124-66-67-126-70-71-128-74-75-130-77-76-129-73-72-127-69-68-125-65-64-123-61-60-121-57-56-119-53-52-117-49-48-115-45-44-113-41-40-111-37-36-109-33-32-107-7/h10,14-15,20-21,23-26,78-80H,8-9,11-13,16-19,22,27-77H2,1-7H3,(H2-,96,100,101,102,103,104,105,106). The minimum absolute atomic E-state index is 0.0173. The summed E-state index contributed by atoms with van der Waals surface area (Å²) in [4.78, 5) is 25.5. The summed E-state index contributed by atoms with van der Waals surface area (Å²) in [6, 6.07) is 11.9. The Morgan fingerprint density at radius 2 is 0.811 bits per heavy atom. The number of benzene rings is 3. The maximum atomic E-state index is 12.8. The summed E-state index contributed by atoms with van der Waals surface area (Å²) in [5.74, 6) is 0.0844. The van der Waals surface area contributed by atoms with Crippen LogP contribution in [0.1, 0.15) is 122 Å². The van der Waals surface area contributed by atoms with Crippen molar-refractivity contribution in [2.75, 3.05) is 342 Å². The van der Waals surface area contributed by atoms with Crippen LogP contribution in [0.25, 0.3) is 10.8 Å². The number of fused-ring (bicyclic) bond motifs is 4. The van der Waals surface area contributed by atoms with Crippen LogP contribution in [0.4, 0.5) is 11.4 Å². The quantitative estimate of drug-likeness (QED) is 0.0230. The number of carbonyl (C=O) groups excluding carboxylic acids is 2. The maximum absolute atomic E-state index is 12.8. The Balaban J connectivity index is 0.739. The average molecular weight is 1920 g/mol. The van der Waals surface area contributed by atoms with E-state index < -0.39 is 35.4 Å². The molecule has 0 saturated carbocycles. The summed E-state index contributed by atoms with van der Waals surface area (Å²) in [5, 5.41) is 3.31. The number of nitrogens with one attached hydrogen (secondary N) is 1. The van der Waals surface area contributed by atoms with E-state index in [4.69, 9.17) is 114 Å². The third-order valence-electron chi connectivity index (χ3n) is 21.0. The van der Waals surface area contributed by atoms with E-state index in [-0.39, 0.29) is 27.9 Å². The van der Waals surface area contributed by atoms with Crippen LogP contribution in [0.2, 0.25) is 0 Å². The number of aryl methyl sites for hydroxylation is 1. The number of rotatable bonds is 92. The Morgan fingerprint density at radius 3 is 1.17 bits per heavy atom. The number of nitrogens with zero attached hydrogens (tertiary/aromatic N) is 2. The van der Waals surface area contributed by atoms with E-state index in [0.29, 0.717) is 361 Å². The number of ketones is 1. The van der Waals surface area contributed by atoms with Gasteiger partial charge in [0.15, 0.2) is 5.71 Å². The van der Waals surface area contributed by atoms with Crippen LogP contribution >= 0.6 is 0 Å². The van der Waals surface area contributed by atoms with Crippen molar-refractivity contribution < 1.29 is 154 Å². The van der Waals surface area contributed by atoms with Crippen molar-refractivity contribution in [2.45, 2.75) is 133 Å². The Hall–Kier alpha value is -5.39. The van der Waals surface area contributed by atoms with E-state index in [1.165, 1.54) is 17.2 Å². The molecule has 1 amide bonds. The minimum atomic E-state index is -5.18. The monoisotopic (exact) mass is 1920 g/mol. The third-order valence-corrected chi connectivity index (χ3v) is 22.7. The number of hydrogen-bond donors (Lipinski definition) is 2. The first kappa shape index (κ1) is 117. The van der Waals surface area contributed by atoms with Crippen molar-refractivity contribution in [1.29, 1.82) is 0 Å². The molecule has 0 spiro atoms. The van der Waals surface area contributed by atoms with E-state index in [9.17, 15) is 35.5 Å². The van der Waals surface area contributed by atoms with Gasteiger partial charge in [-0.3, -0.25) is 9.35 Å². The second-order valence-electron chi connectivity index (χ2n) is 31.7. The predicted molar refractivity (Wildman–Crippen MR) is 498 cm³/mol. The summed E-state index contributed by atoms with van der Waals surface area (Å²) in [7, 11) is -8.46. The van der Waals surface area contributed by atoms with Gasteiger partial charge in [0.05, 0.1) is 326 Å². The molecule has 1 unspecified atom stereocenters. The molecule has 35 nitrogen and oxygen atoms in total. The van der Waals surface area contributed by atoms with E-state index in [2.05, 4.69) is 79.8 Å². The highest BCUT2D eigenvalue weighted by atomic mass is 32.2. The Kier molecular flexibility index (Phi) is 66.2. The van der Waals surface area contributed by atoms with Crippen molar-refractivity contribution in [3.05, 3.63) is 95.2 Å². The van der Waals surface area contributed by atoms with Crippen LogP contribution in [-0.2, 0) is 154 Å². The fraction of sp³-hybridized carbons (Fsp3) is 0.737. The molecule has 2 heterocycles. The minimum Gasteiger partial charge on any atom is -0.744 e. The van der Waals surface area contributed by atoms with Gasteiger partial charge in [-0.1, -0.05) is 62.1 Å². The number of Topliss-reactive ketones (excluding diaryl/α,β-unsaturated/α-hetero) is 1. The highest BCUT2D eigenvalue weighted by Crippen LogP contribution is 2.54. The van der Waals surface area contributed by atoms with Crippen LogP contribution in [-0.4, -0.2) is 385 Å². The predicted octanol–water partition coefficient (Wildman–Crippen LogP) is 9.49. The summed E-state index contributed by atoms with van der Waals surface area (Å²) >= 11 is 0. The zero-order valence-electron chi connectivity index (χ0n) is 79.9. The molecule has 2 aliphatic rings. The summed E-state index contributed by atoms with van der Waals surface area (Å²) in [5.41, 5.74) is 5.91. The summed E-state index contributed by atoms with van der Waals surface area (Å²) in [6.07, 6.45) is 17.9. The SMILES string of the molecule is CCCCN1C(=CC=CC=CC2=[N+](CCCCCC(=O)NCCOCCOCCOCCOCCOCCOCCOCCOCCOCCOCCOCCOCCOCCOCCOCCOCCOCCOCCOCCOCCOCCOCCOCCOC)c3ccc(C)cc3C2(C)C)C(C)(CCCCCC(C)=O)c2c1ccc1c(S(=O)(=O)[O-])cc(S(=O)(=O)O)cc21. The maximum Gasteiger partial charge on any atom is 0.294 e. The van der Waals surface area contributed by atoms with Gasteiger partial charge in [-0.25, -0.2) is 8.42 Å². The van der Waals surface area contributed by atoms with E-state index in [0.717, 1.165) is 73.9 Å². The first-order chi connectivity index (χ1) is 64.2. The molecular formula is C95H157N3O32S2. The molecule has 0 aromatic heterocycles. The fourth-order valence-electron chi connectivity index (χ4n) is 14.2. The number of ether oxygens (including phenoxy) is 24. The molecular weight excluding hydrogens is 1760 g/mol. The van der Waals surface area contributed by atoms with Crippen LogP contribution < -0.4 is 10.2 Å². The van der Waals surface area contributed by atoms with Crippen LogP contribution in [0.3, 0.4) is 0 Å². The number of amides is 1. The van der Waals surface area contributed by atoms with Gasteiger partial charge < -0.3 is 133 Å². The Morgan fingerprint density at radius 1 is 0.439 bits per heavy atom. The van der Waals surface area contributed by atoms with Crippen molar-refractivity contribution in [3.8, 4) is 0 Å². The van der Waals surface area contributed by atoms with Crippen LogP contribution in [0, 0.1) is 6.92 Å². The molecule has 0 aliphatic carbocycles. The molecule has 2 aliphatic heterocycles. The Bertz CT molecular complexity index is 3870. The molecule has 0 radical (unpaired) electrons. The molecule has 756 valence electrons. The Labute approximate surface area is 785 Å². The molecule has 132 heavy (non-hydrogen) atoms. The smallest absolute Gasteiger partial charge is 0.294 e. The van der Waals surface area contributed by atoms with Gasteiger partial charge in [-0.05, 0) is 113 Å². The van der Waals surface area contributed by atoms with E-state index >= 15 is 0 Å². The van der Waals surface area contributed by atoms with Crippen molar-refractivity contribution >= 4 is 59.8 Å². The highest BCUT2D eigenvalue weighted by molar-refractivity contribution is 7.86. The molecule has 3 aromatic rings.